The van der Waals surface area contributed by atoms with Crippen molar-refractivity contribution in [1.29, 1.82) is 0 Å². The summed E-state index contributed by atoms with van der Waals surface area (Å²) in [5.74, 6) is 0.371. The van der Waals surface area contributed by atoms with Crippen molar-refractivity contribution >= 4 is 11.0 Å². The van der Waals surface area contributed by atoms with Crippen LogP contribution in [0.2, 0.25) is 0 Å². The van der Waals surface area contributed by atoms with E-state index in [1.165, 1.54) is 25.2 Å². The predicted molar refractivity (Wildman–Crippen MR) is 152 cm³/mol. The van der Waals surface area contributed by atoms with Gasteiger partial charge in [-0.2, -0.15) is 0 Å². The summed E-state index contributed by atoms with van der Waals surface area (Å²) in [6.45, 7) is 5.42. The van der Waals surface area contributed by atoms with Gasteiger partial charge in [-0.05, 0) is 73.4 Å². The maximum Gasteiger partial charge on any atom is 0.337 e. The summed E-state index contributed by atoms with van der Waals surface area (Å²) in [4.78, 5) is 41.2. The van der Waals surface area contributed by atoms with Crippen LogP contribution >= 0.6 is 0 Å². The second-order valence-corrected chi connectivity index (χ2v) is 9.72. The molecule has 40 heavy (non-hydrogen) atoms. The van der Waals surface area contributed by atoms with Gasteiger partial charge in [-0.15, -0.1) is 0 Å². The summed E-state index contributed by atoms with van der Waals surface area (Å²) < 4.78 is 30.0. The first-order valence-corrected chi connectivity index (χ1v) is 12.6. The Balaban J connectivity index is 1.88. The van der Waals surface area contributed by atoms with Gasteiger partial charge in [-0.1, -0.05) is 30.3 Å². The van der Waals surface area contributed by atoms with Crippen LogP contribution in [0.3, 0.4) is 0 Å². The van der Waals surface area contributed by atoms with Crippen molar-refractivity contribution in [3.63, 3.8) is 0 Å². The monoisotopic (exact) mass is 541 g/mol. The van der Waals surface area contributed by atoms with E-state index in [0.717, 1.165) is 24.8 Å². The summed E-state index contributed by atoms with van der Waals surface area (Å²) in [6.07, 6.45) is 0. The van der Waals surface area contributed by atoms with Crippen LogP contribution in [0.4, 0.5) is 4.39 Å². The number of nitrogens with zero attached hydrogens (tertiary/aromatic N) is 3. The standard InChI is InChI=1S/C31H28FN3O5/c1-18-9-14-24(23(32)15-18)35-29-28(30(37)34(31(35)38)17-21-10-12-22(39-5)13-11-21)26(16-27(36)33(29)4)40-25-8-6-7-19(2)20(25)3/h6-16H,17H2,1-5H3. The van der Waals surface area contributed by atoms with Gasteiger partial charge in [0.05, 0.1) is 19.3 Å². The molecule has 0 saturated carbocycles. The highest BCUT2D eigenvalue weighted by molar-refractivity contribution is 5.83. The van der Waals surface area contributed by atoms with Crippen LogP contribution in [0, 0.1) is 26.6 Å². The molecule has 0 amide bonds. The van der Waals surface area contributed by atoms with Gasteiger partial charge in [-0.3, -0.25) is 18.7 Å². The van der Waals surface area contributed by atoms with Gasteiger partial charge < -0.3 is 9.47 Å². The van der Waals surface area contributed by atoms with Crippen LogP contribution in [0.5, 0.6) is 17.2 Å². The lowest BCUT2D eigenvalue weighted by Crippen LogP contribution is -2.42. The van der Waals surface area contributed by atoms with Crippen LogP contribution in [0.25, 0.3) is 16.7 Å². The third-order valence-electron chi connectivity index (χ3n) is 7.08. The number of methoxy groups -OCH3 is 1. The zero-order chi connectivity index (χ0) is 28.7. The van der Waals surface area contributed by atoms with Gasteiger partial charge in [0.2, 0.25) is 0 Å². The van der Waals surface area contributed by atoms with E-state index in [-0.39, 0.29) is 29.0 Å². The van der Waals surface area contributed by atoms with Gasteiger partial charge in [0.25, 0.3) is 11.1 Å². The van der Waals surface area contributed by atoms with E-state index in [2.05, 4.69) is 0 Å². The Morgan fingerprint density at radius 1 is 0.875 bits per heavy atom. The lowest BCUT2D eigenvalue weighted by atomic mass is 10.1. The van der Waals surface area contributed by atoms with Gasteiger partial charge in [0.1, 0.15) is 34.1 Å². The van der Waals surface area contributed by atoms with E-state index in [1.54, 1.807) is 56.5 Å². The number of pyridine rings is 1. The molecule has 0 aliphatic rings. The Hall–Kier alpha value is -4.92. The fourth-order valence-corrected chi connectivity index (χ4v) is 4.66. The molecule has 2 aromatic heterocycles. The van der Waals surface area contributed by atoms with Crippen molar-refractivity contribution in [1.82, 2.24) is 13.7 Å². The van der Waals surface area contributed by atoms with Crippen molar-refractivity contribution in [2.24, 2.45) is 7.05 Å². The largest absolute Gasteiger partial charge is 0.497 e. The Bertz CT molecular complexity index is 1950. The van der Waals surface area contributed by atoms with Crippen molar-refractivity contribution in [3.8, 4) is 22.9 Å². The molecule has 0 saturated heterocycles. The Morgan fingerprint density at radius 2 is 1.60 bits per heavy atom. The van der Waals surface area contributed by atoms with E-state index < -0.39 is 22.6 Å². The van der Waals surface area contributed by atoms with Crippen molar-refractivity contribution < 1.29 is 13.9 Å². The van der Waals surface area contributed by atoms with Crippen LogP contribution in [-0.2, 0) is 13.6 Å². The summed E-state index contributed by atoms with van der Waals surface area (Å²) >= 11 is 0. The van der Waals surface area contributed by atoms with E-state index in [9.17, 15) is 14.4 Å². The molecule has 5 rings (SSSR count). The van der Waals surface area contributed by atoms with Crippen LogP contribution in [0.15, 0.2) is 81.1 Å². The minimum absolute atomic E-state index is 0.0263. The summed E-state index contributed by atoms with van der Waals surface area (Å²) in [7, 11) is 2.97. The minimum atomic E-state index is -0.796. The maximum absolute atomic E-state index is 15.4. The first-order chi connectivity index (χ1) is 19.1. The van der Waals surface area contributed by atoms with Gasteiger partial charge in [0, 0.05) is 13.1 Å². The lowest BCUT2D eigenvalue weighted by Gasteiger charge is -2.19. The topological polar surface area (TPSA) is 84.5 Å². The van der Waals surface area contributed by atoms with Crippen molar-refractivity contribution in [3.05, 3.63) is 126 Å². The zero-order valence-electron chi connectivity index (χ0n) is 22.8. The van der Waals surface area contributed by atoms with E-state index in [1.807, 2.05) is 19.9 Å². The molecular formula is C31H28FN3O5. The molecule has 0 N–H and O–H groups in total. The molecule has 0 aliphatic heterocycles. The Labute approximate surface area is 229 Å². The average molecular weight is 542 g/mol. The summed E-state index contributed by atoms with van der Waals surface area (Å²) in [5.41, 5.74) is 0.926. The summed E-state index contributed by atoms with van der Waals surface area (Å²) in [6, 6.07) is 18.0. The first-order valence-electron chi connectivity index (χ1n) is 12.6. The molecule has 5 aromatic rings. The number of aryl methyl sites for hydroxylation is 3. The third-order valence-corrected chi connectivity index (χ3v) is 7.08. The molecule has 0 radical (unpaired) electrons. The molecule has 0 spiro atoms. The van der Waals surface area contributed by atoms with Gasteiger partial charge in [-0.25, -0.2) is 13.8 Å². The second kappa shape index (κ2) is 10.3. The van der Waals surface area contributed by atoms with E-state index in [4.69, 9.17) is 9.47 Å². The second-order valence-electron chi connectivity index (χ2n) is 9.72. The molecule has 8 nitrogen and oxygen atoms in total. The SMILES string of the molecule is COc1ccc(Cn2c(=O)c3c(Oc4cccc(C)c4C)cc(=O)n(C)c3n(-c3ccc(C)cc3F)c2=O)cc1. The fraction of sp³-hybridized carbons (Fsp3) is 0.194. The number of fused-ring (bicyclic) bond motifs is 1. The number of aromatic nitrogens is 3. The first kappa shape index (κ1) is 26.7. The zero-order valence-corrected chi connectivity index (χ0v) is 22.8. The molecule has 2 heterocycles. The van der Waals surface area contributed by atoms with E-state index in [0.29, 0.717) is 22.6 Å². The fourth-order valence-electron chi connectivity index (χ4n) is 4.66. The number of rotatable bonds is 6. The molecular weight excluding hydrogens is 513 g/mol. The highest BCUT2D eigenvalue weighted by Gasteiger charge is 2.24. The number of hydrogen-bond donors (Lipinski definition) is 0. The molecule has 9 heteroatoms. The normalized spacial score (nSPS) is 11.2. The molecule has 0 unspecified atom stereocenters. The quantitative estimate of drug-likeness (QED) is 0.309. The highest BCUT2D eigenvalue weighted by Crippen LogP contribution is 2.30. The molecule has 0 bridgehead atoms. The van der Waals surface area contributed by atoms with Crippen molar-refractivity contribution in [2.45, 2.75) is 27.3 Å². The van der Waals surface area contributed by atoms with Crippen LogP contribution < -0.4 is 26.3 Å². The van der Waals surface area contributed by atoms with Crippen molar-refractivity contribution in [2.75, 3.05) is 7.11 Å². The Morgan fingerprint density at radius 3 is 2.27 bits per heavy atom. The lowest BCUT2D eigenvalue weighted by molar-refractivity contribution is 0.414. The maximum atomic E-state index is 15.4. The Kier molecular flexibility index (Phi) is 6.89. The summed E-state index contributed by atoms with van der Waals surface area (Å²) in [5, 5.41) is -0.0314. The van der Waals surface area contributed by atoms with E-state index >= 15 is 4.39 Å². The van der Waals surface area contributed by atoms with Crippen LogP contribution in [-0.4, -0.2) is 20.8 Å². The molecule has 0 aliphatic carbocycles. The molecule has 204 valence electrons. The number of benzene rings is 3. The van der Waals surface area contributed by atoms with Crippen LogP contribution in [0.1, 0.15) is 22.3 Å². The van der Waals surface area contributed by atoms with Gasteiger partial charge >= 0.3 is 5.69 Å². The minimum Gasteiger partial charge on any atom is -0.497 e. The third kappa shape index (κ3) is 4.59. The number of hydrogen-bond acceptors (Lipinski definition) is 5. The highest BCUT2D eigenvalue weighted by atomic mass is 19.1. The molecule has 0 fully saturated rings. The molecule has 3 aromatic carbocycles. The average Bonchev–Trinajstić information content (AvgIpc) is 2.93. The molecule has 0 atom stereocenters. The number of ether oxygens (including phenoxy) is 2. The smallest absolute Gasteiger partial charge is 0.337 e. The van der Waals surface area contributed by atoms with Gasteiger partial charge in [0.15, 0.2) is 0 Å². The number of halogens is 1. The predicted octanol–water partition coefficient (Wildman–Crippen LogP) is 4.76.